The molecular formula is C17H28N2O5. The summed E-state index contributed by atoms with van der Waals surface area (Å²) in [5.74, 6) is -0.859. The van der Waals surface area contributed by atoms with Crippen LogP contribution in [0.5, 0.6) is 0 Å². The molecule has 2 atom stereocenters. The second-order valence-electron chi connectivity index (χ2n) is 7.16. The van der Waals surface area contributed by atoms with Crippen molar-refractivity contribution in [1.82, 2.24) is 9.80 Å². The van der Waals surface area contributed by atoms with E-state index < -0.39 is 11.6 Å². The highest BCUT2D eigenvalue weighted by Crippen LogP contribution is 2.39. The molecule has 3 aliphatic rings. The summed E-state index contributed by atoms with van der Waals surface area (Å²) in [4.78, 5) is 28.0. The second-order valence-corrected chi connectivity index (χ2v) is 7.16. The number of carbonyl (C=O) groups is 2. The lowest BCUT2D eigenvalue weighted by atomic mass is 9.88. The third-order valence-electron chi connectivity index (χ3n) is 6.09. The molecule has 24 heavy (non-hydrogen) atoms. The monoisotopic (exact) mass is 340 g/mol. The van der Waals surface area contributed by atoms with E-state index in [2.05, 4.69) is 4.90 Å². The largest absolute Gasteiger partial charge is 0.479 e. The lowest BCUT2D eigenvalue weighted by Crippen LogP contribution is -2.57. The van der Waals surface area contributed by atoms with Crippen LogP contribution in [0.15, 0.2) is 0 Å². The molecule has 0 saturated carbocycles. The molecule has 0 aromatic rings. The van der Waals surface area contributed by atoms with Gasteiger partial charge in [0.25, 0.3) is 0 Å². The zero-order chi connectivity index (χ0) is 17.3. The molecule has 3 fully saturated rings. The number of rotatable bonds is 4. The van der Waals surface area contributed by atoms with Gasteiger partial charge < -0.3 is 19.5 Å². The van der Waals surface area contributed by atoms with Gasteiger partial charge in [0.2, 0.25) is 0 Å². The van der Waals surface area contributed by atoms with Crippen LogP contribution in [0.4, 0.5) is 4.79 Å². The molecule has 0 radical (unpaired) electrons. The molecule has 3 saturated heterocycles. The fourth-order valence-corrected chi connectivity index (χ4v) is 4.70. The number of hydrogen-bond acceptors (Lipinski definition) is 5. The minimum atomic E-state index is -1.03. The number of carboxylic acid groups (broad SMARTS) is 1. The highest BCUT2D eigenvalue weighted by atomic mass is 16.6. The minimum Gasteiger partial charge on any atom is -0.479 e. The number of methoxy groups -OCH3 is 1. The summed E-state index contributed by atoms with van der Waals surface area (Å²) in [6.07, 6.45) is 4.88. The summed E-state index contributed by atoms with van der Waals surface area (Å²) >= 11 is 0. The van der Waals surface area contributed by atoms with Crippen molar-refractivity contribution in [2.45, 2.75) is 69.2 Å². The van der Waals surface area contributed by atoms with Gasteiger partial charge in [-0.15, -0.1) is 0 Å². The second kappa shape index (κ2) is 6.88. The Hall–Kier alpha value is -1.34. The number of carbonyl (C=O) groups excluding carboxylic acids is 1. The lowest BCUT2D eigenvalue weighted by molar-refractivity contribution is -0.169. The Kier molecular flexibility index (Phi) is 5.01. The van der Waals surface area contributed by atoms with E-state index >= 15 is 0 Å². The average molecular weight is 340 g/mol. The number of ether oxygens (including phenoxy) is 2. The van der Waals surface area contributed by atoms with Crippen LogP contribution in [-0.4, -0.2) is 77.5 Å². The van der Waals surface area contributed by atoms with Crippen LogP contribution >= 0.6 is 0 Å². The first-order valence-electron chi connectivity index (χ1n) is 8.98. The summed E-state index contributed by atoms with van der Waals surface area (Å²) in [5, 5.41) is 9.42. The maximum absolute atomic E-state index is 12.1. The topological polar surface area (TPSA) is 79.3 Å². The number of likely N-dealkylation sites (tertiary alicyclic amines) is 1. The van der Waals surface area contributed by atoms with Crippen LogP contribution in [0.2, 0.25) is 0 Å². The van der Waals surface area contributed by atoms with Crippen molar-refractivity contribution in [2.24, 2.45) is 0 Å². The molecule has 1 amide bonds. The Bertz CT molecular complexity index is 475. The van der Waals surface area contributed by atoms with E-state index in [4.69, 9.17) is 9.47 Å². The van der Waals surface area contributed by atoms with Crippen molar-refractivity contribution in [1.29, 1.82) is 0 Å². The van der Waals surface area contributed by atoms with E-state index in [1.54, 1.807) is 0 Å². The molecule has 3 aliphatic heterocycles. The summed E-state index contributed by atoms with van der Waals surface area (Å²) < 4.78 is 10.5. The van der Waals surface area contributed by atoms with E-state index in [0.29, 0.717) is 25.5 Å². The van der Waals surface area contributed by atoms with Gasteiger partial charge >= 0.3 is 12.1 Å². The first kappa shape index (κ1) is 17.5. The first-order chi connectivity index (χ1) is 11.5. The van der Waals surface area contributed by atoms with Gasteiger partial charge in [0.15, 0.2) is 5.60 Å². The number of carboxylic acids is 1. The third-order valence-corrected chi connectivity index (χ3v) is 6.09. The van der Waals surface area contributed by atoms with Gasteiger partial charge in [-0.3, -0.25) is 4.90 Å². The lowest BCUT2D eigenvalue weighted by Gasteiger charge is -2.46. The summed E-state index contributed by atoms with van der Waals surface area (Å²) in [6, 6.07) is 0.958. The number of fused-ring (bicyclic) bond motifs is 2. The summed E-state index contributed by atoms with van der Waals surface area (Å²) in [5.41, 5.74) is -1.03. The smallest absolute Gasteiger partial charge is 0.410 e. The van der Waals surface area contributed by atoms with Gasteiger partial charge in [0, 0.05) is 38.3 Å². The van der Waals surface area contributed by atoms with Crippen LogP contribution in [0, 0.1) is 0 Å². The predicted octanol–water partition coefficient (Wildman–Crippen LogP) is 1.70. The molecule has 2 bridgehead atoms. The van der Waals surface area contributed by atoms with E-state index in [1.165, 1.54) is 7.11 Å². The Morgan fingerprint density at radius 3 is 2.17 bits per heavy atom. The van der Waals surface area contributed by atoms with Gasteiger partial charge in [-0.25, -0.2) is 9.59 Å². The van der Waals surface area contributed by atoms with Crippen molar-refractivity contribution >= 4 is 12.1 Å². The molecule has 7 heteroatoms. The third kappa shape index (κ3) is 2.99. The fourth-order valence-electron chi connectivity index (χ4n) is 4.70. The zero-order valence-electron chi connectivity index (χ0n) is 14.6. The predicted molar refractivity (Wildman–Crippen MR) is 86.9 cm³/mol. The van der Waals surface area contributed by atoms with Crippen molar-refractivity contribution in [2.75, 3.05) is 26.8 Å². The van der Waals surface area contributed by atoms with Crippen LogP contribution in [0.1, 0.15) is 45.4 Å². The maximum Gasteiger partial charge on any atom is 0.410 e. The minimum absolute atomic E-state index is 0.175. The summed E-state index contributed by atoms with van der Waals surface area (Å²) in [7, 11) is 1.49. The molecule has 3 rings (SSSR count). The Labute approximate surface area is 142 Å². The Balaban J connectivity index is 1.60. The number of hydrogen-bond donors (Lipinski definition) is 1. The first-order valence-corrected chi connectivity index (χ1v) is 8.98. The van der Waals surface area contributed by atoms with Gasteiger partial charge in [0.1, 0.15) is 0 Å². The molecule has 0 aromatic carbocycles. The van der Waals surface area contributed by atoms with E-state index in [0.717, 1.165) is 38.8 Å². The quantitative estimate of drug-likeness (QED) is 0.839. The summed E-state index contributed by atoms with van der Waals surface area (Å²) in [6.45, 7) is 3.73. The van der Waals surface area contributed by atoms with Crippen LogP contribution in [0.25, 0.3) is 0 Å². The number of piperidine rings is 2. The van der Waals surface area contributed by atoms with E-state index in [9.17, 15) is 14.7 Å². The van der Waals surface area contributed by atoms with E-state index in [1.807, 2.05) is 11.8 Å². The number of aliphatic carboxylic acids is 1. The van der Waals surface area contributed by atoms with Gasteiger partial charge in [0.05, 0.1) is 6.61 Å². The highest BCUT2D eigenvalue weighted by Gasteiger charge is 2.48. The van der Waals surface area contributed by atoms with Crippen LogP contribution < -0.4 is 0 Å². The molecule has 0 aromatic heterocycles. The number of nitrogens with zero attached hydrogens (tertiary/aromatic N) is 2. The standard InChI is InChI=1S/C17H28N2O5/c1-3-24-16(22)19-12-4-5-13(19)11-14(10-12)18-8-6-17(23-2,7-9-18)15(20)21/h12-14H,3-11H2,1-2H3,(H,20,21). The molecular weight excluding hydrogens is 312 g/mol. The van der Waals surface area contributed by atoms with E-state index in [-0.39, 0.29) is 18.2 Å². The molecule has 2 unspecified atom stereocenters. The molecule has 136 valence electrons. The molecule has 0 aliphatic carbocycles. The van der Waals surface area contributed by atoms with Gasteiger partial charge in [-0.05, 0) is 45.4 Å². The fraction of sp³-hybridized carbons (Fsp3) is 0.882. The average Bonchev–Trinajstić information content (AvgIpc) is 2.85. The molecule has 1 N–H and O–H groups in total. The van der Waals surface area contributed by atoms with Gasteiger partial charge in [-0.1, -0.05) is 0 Å². The molecule has 7 nitrogen and oxygen atoms in total. The van der Waals surface area contributed by atoms with Gasteiger partial charge in [-0.2, -0.15) is 0 Å². The van der Waals surface area contributed by atoms with Crippen molar-refractivity contribution in [3.63, 3.8) is 0 Å². The zero-order valence-corrected chi connectivity index (χ0v) is 14.6. The molecule has 0 spiro atoms. The Morgan fingerprint density at radius 2 is 1.71 bits per heavy atom. The van der Waals surface area contributed by atoms with Crippen molar-refractivity contribution in [3.8, 4) is 0 Å². The number of amides is 1. The van der Waals surface area contributed by atoms with Crippen molar-refractivity contribution in [3.05, 3.63) is 0 Å². The van der Waals surface area contributed by atoms with Crippen molar-refractivity contribution < 1.29 is 24.2 Å². The Morgan fingerprint density at radius 1 is 1.12 bits per heavy atom. The SMILES string of the molecule is CCOC(=O)N1C2CCC1CC(N1CCC(OC)(C(=O)O)CC1)C2. The van der Waals surface area contributed by atoms with Crippen LogP contribution in [0.3, 0.4) is 0 Å². The normalized spacial score (nSPS) is 32.6. The molecule has 3 heterocycles. The van der Waals surface area contributed by atoms with Crippen LogP contribution in [-0.2, 0) is 14.3 Å². The maximum atomic E-state index is 12.1. The highest BCUT2D eigenvalue weighted by molar-refractivity contribution is 5.77.